The summed E-state index contributed by atoms with van der Waals surface area (Å²) < 4.78 is 1.22. The van der Waals surface area contributed by atoms with E-state index in [2.05, 4.69) is 0 Å². The first-order valence-corrected chi connectivity index (χ1v) is 4.43. The lowest BCUT2D eigenvalue weighted by Crippen LogP contribution is -2.13. The van der Waals surface area contributed by atoms with Gasteiger partial charge >= 0.3 is 15.2 Å². The van der Waals surface area contributed by atoms with E-state index in [1.54, 1.807) is 0 Å². The predicted molar refractivity (Wildman–Crippen MR) is 40.0 cm³/mol. The Labute approximate surface area is 60.4 Å². The summed E-state index contributed by atoms with van der Waals surface area (Å²) in [5.41, 5.74) is 0. The van der Waals surface area contributed by atoms with Crippen LogP contribution in [0.25, 0.3) is 0 Å². The maximum atomic E-state index is 10.0. The summed E-state index contributed by atoms with van der Waals surface area (Å²) in [5, 5.41) is 1.05. The Kier molecular flexibility index (Phi) is 2.51. The zero-order chi connectivity index (χ0) is 6.53. The van der Waals surface area contributed by atoms with E-state index < -0.39 is 15.2 Å². The fraction of sp³-hybridized carbons (Fsp3) is 0. The molecule has 0 heterocycles. The van der Waals surface area contributed by atoms with Gasteiger partial charge in [-0.05, 0) is 0 Å². The monoisotopic (exact) mass is 134 g/mol. The van der Waals surface area contributed by atoms with Crippen LogP contribution in [0.5, 0.6) is 0 Å². The summed E-state index contributed by atoms with van der Waals surface area (Å²) in [6.45, 7) is 0. The second-order valence-electron chi connectivity index (χ2n) is 1.86. The molecule has 0 saturated heterocycles. The molecule has 9 heavy (non-hydrogen) atoms. The quantitative estimate of drug-likeness (QED) is 0.409. The van der Waals surface area contributed by atoms with E-state index in [1.165, 1.54) is 4.43 Å². The van der Waals surface area contributed by atoms with Crippen molar-refractivity contribution in [2.45, 2.75) is 0 Å². The molecule has 0 aliphatic carbocycles. The highest BCUT2D eigenvalue weighted by Gasteiger charge is 1.91. The van der Waals surface area contributed by atoms with E-state index in [0.717, 1.165) is 5.15 Å². The third kappa shape index (κ3) is 2.01. The number of carbonyl (C=O) groups is 1. The van der Waals surface area contributed by atoms with Gasteiger partial charge in [0.25, 0.3) is 0 Å². The Morgan fingerprint density at radius 3 is 2.44 bits per heavy atom. The molecule has 0 saturated carbocycles. The Morgan fingerprint density at radius 2 is 1.89 bits per heavy atom. The molecular formula is C7H7AlO. The minimum absolute atomic E-state index is 0.582. The lowest BCUT2D eigenvalue weighted by molar-refractivity contribution is 0.568. The van der Waals surface area contributed by atoms with Crippen molar-refractivity contribution in [2.75, 3.05) is 0 Å². The summed E-state index contributed by atoms with van der Waals surface area (Å²) in [7, 11) is 0. The molecule has 0 fully saturated rings. The van der Waals surface area contributed by atoms with Crippen LogP contribution in [0.1, 0.15) is 0 Å². The molecule has 1 rings (SSSR count). The molecule has 0 aromatic heterocycles. The highest BCUT2D eigenvalue weighted by Crippen LogP contribution is 1.78. The van der Waals surface area contributed by atoms with Gasteiger partial charge in [-0.1, -0.05) is 30.3 Å². The molecule has 0 radical (unpaired) electrons. The Morgan fingerprint density at radius 1 is 1.22 bits per heavy atom. The maximum absolute atomic E-state index is 10.0. The average molecular weight is 134 g/mol. The Balaban J connectivity index is 2.72. The van der Waals surface area contributed by atoms with E-state index >= 15 is 0 Å². The van der Waals surface area contributed by atoms with E-state index in [-0.39, 0.29) is 0 Å². The first-order chi connectivity index (χ1) is 4.43. The molecule has 0 amide bonds. The van der Waals surface area contributed by atoms with Crippen molar-refractivity contribution >= 4 is 24.8 Å². The largest absolute Gasteiger partial charge is 0.376 e. The number of carbonyl (C=O) groups excluding carboxylic acids is 1. The molecule has 0 spiro atoms. The normalized spacial score (nSPS) is 8.44. The number of benzene rings is 1. The summed E-state index contributed by atoms with van der Waals surface area (Å²) in [6, 6.07) is 9.89. The van der Waals surface area contributed by atoms with E-state index in [4.69, 9.17) is 0 Å². The standard InChI is InChI=1S/C6H5.CHO.Al.H/c1-2-4-6-5-3-1;1-2;;/h1-5H;1H;;. The third-order valence-electron chi connectivity index (χ3n) is 1.16. The molecule has 2 heteroatoms. The fourth-order valence-corrected chi connectivity index (χ4v) is 1.45. The van der Waals surface area contributed by atoms with Crippen molar-refractivity contribution in [3.63, 3.8) is 0 Å². The van der Waals surface area contributed by atoms with Crippen LogP contribution in [0.4, 0.5) is 0 Å². The van der Waals surface area contributed by atoms with Gasteiger partial charge in [-0.25, -0.2) is 0 Å². The van der Waals surface area contributed by atoms with Crippen molar-refractivity contribution in [1.82, 2.24) is 0 Å². The molecule has 0 bridgehead atoms. The molecule has 1 aromatic carbocycles. The van der Waals surface area contributed by atoms with Gasteiger partial charge in [0, 0.05) is 5.15 Å². The molecule has 0 aliphatic rings. The van der Waals surface area contributed by atoms with Crippen LogP contribution < -0.4 is 4.43 Å². The minimum Gasteiger partial charge on any atom is -0.324 e. The molecule has 0 atom stereocenters. The lowest BCUT2D eigenvalue weighted by atomic mass is 10.4. The molecule has 1 nitrogen and oxygen atoms in total. The van der Waals surface area contributed by atoms with Gasteiger partial charge in [-0.2, -0.15) is 0 Å². The van der Waals surface area contributed by atoms with Crippen LogP contribution >= 0.6 is 0 Å². The van der Waals surface area contributed by atoms with Crippen LogP contribution in [0.15, 0.2) is 30.3 Å². The van der Waals surface area contributed by atoms with Crippen LogP contribution in [-0.2, 0) is 4.79 Å². The Hall–Kier alpha value is -0.578. The van der Waals surface area contributed by atoms with Crippen molar-refractivity contribution in [3.05, 3.63) is 30.3 Å². The van der Waals surface area contributed by atoms with Gasteiger partial charge in [0.1, 0.15) is 0 Å². The topological polar surface area (TPSA) is 17.1 Å². The van der Waals surface area contributed by atoms with E-state index in [9.17, 15) is 4.79 Å². The summed E-state index contributed by atoms with van der Waals surface area (Å²) in [6.07, 6.45) is 0. The van der Waals surface area contributed by atoms with Gasteiger partial charge in [0.2, 0.25) is 0 Å². The number of hydrogen-bond acceptors (Lipinski definition) is 1. The zero-order valence-corrected chi connectivity index (χ0v) is 6.49. The van der Waals surface area contributed by atoms with Crippen LogP contribution in [0.2, 0.25) is 0 Å². The SMILES string of the molecule is O=[CH][AlH][c]1ccccc1. The van der Waals surface area contributed by atoms with Crippen molar-refractivity contribution in [1.29, 1.82) is 0 Å². The first-order valence-electron chi connectivity index (χ1n) is 2.91. The number of hydrogen-bond donors (Lipinski definition) is 0. The van der Waals surface area contributed by atoms with Gasteiger partial charge in [-0.3, -0.25) is 0 Å². The molecule has 0 N–H and O–H groups in total. The number of rotatable bonds is 2. The first kappa shape index (κ1) is 6.54. The average Bonchev–Trinajstić information content (AvgIpc) is 1.91. The fourth-order valence-electron chi connectivity index (χ4n) is 0.710. The van der Waals surface area contributed by atoms with Crippen molar-refractivity contribution in [2.24, 2.45) is 0 Å². The Bertz CT molecular complexity index is 183. The summed E-state index contributed by atoms with van der Waals surface area (Å²) in [5.74, 6) is 0. The van der Waals surface area contributed by atoms with Gasteiger partial charge < -0.3 is 4.79 Å². The van der Waals surface area contributed by atoms with Crippen LogP contribution in [0.3, 0.4) is 0 Å². The third-order valence-corrected chi connectivity index (χ3v) is 2.27. The lowest BCUT2D eigenvalue weighted by Gasteiger charge is -1.87. The second kappa shape index (κ2) is 3.45. The molecule has 44 valence electrons. The summed E-state index contributed by atoms with van der Waals surface area (Å²) >= 11 is -0.582. The minimum atomic E-state index is -0.582. The van der Waals surface area contributed by atoms with E-state index in [1.807, 2.05) is 30.3 Å². The van der Waals surface area contributed by atoms with Crippen LogP contribution in [0, 0.1) is 0 Å². The smallest absolute Gasteiger partial charge is 0.324 e. The summed E-state index contributed by atoms with van der Waals surface area (Å²) in [4.78, 5) is 10.0. The van der Waals surface area contributed by atoms with Gasteiger partial charge in [0.15, 0.2) is 0 Å². The van der Waals surface area contributed by atoms with Gasteiger partial charge in [0.05, 0.1) is 0 Å². The molecule has 1 aromatic rings. The zero-order valence-electron chi connectivity index (χ0n) is 5.08. The van der Waals surface area contributed by atoms with Crippen LogP contribution in [-0.4, -0.2) is 20.4 Å². The maximum Gasteiger partial charge on any atom is 0.376 e. The predicted octanol–water partition coefficient (Wildman–Crippen LogP) is -0.0614. The van der Waals surface area contributed by atoms with Gasteiger partial charge in [-0.15, -0.1) is 4.43 Å². The second-order valence-corrected chi connectivity index (χ2v) is 3.41. The molecule has 0 aliphatic heterocycles. The van der Waals surface area contributed by atoms with Crippen molar-refractivity contribution < 1.29 is 4.79 Å². The molecule has 0 unspecified atom stereocenters. The molecular weight excluding hydrogens is 127 g/mol. The highest BCUT2D eigenvalue weighted by molar-refractivity contribution is 6.78. The van der Waals surface area contributed by atoms with E-state index in [0.29, 0.717) is 0 Å². The highest BCUT2D eigenvalue weighted by atomic mass is 27.1. The van der Waals surface area contributed by atoms with Crippen molar-refractivity contribution in [3.8, 4) is 0 Å².